The maximum Gasteiger partial charge on any atom is 0.418 e. The molecular weight excluding hydrogens is 505 g/mol. The van der Waals surface area contributed by atoms with Gasteiger partial charge in [-0.25, -0.2) is 9.78 Å². The molecule has 1 N–H and O–H groups in total. The molecule has 2 aromatic carbocycles. The Morgan fingerprint density at radius 2 is 1.76 bits per heavy atom. The van der Waals surface area contributed by atoms with E-state index in [9.17, 15) is 22.8 Å². The van der Waals surface area contributed by atoms with E-state index in [1.807, 2.05) is 36.1 Å². The molecule has 5 rings (SSSR count). The predicted molar refractivity (Wildman–Crippen MR) is 135 cm³/mol. The summed E-state index contributed by atoms with van der Waals surface area (Å²) in [5, 5.41) is 7.50. The third-order valence-electron chi connectivity index (χ3n) is 6.12. The first-order valence-corrected chi connectivity index (χ1v) is 12.4. The van der Waals surface area contributed by atoms with E-state index in [0.29, 0.717) is 48.4 Å². The van der Waals surface area contributed by atoms with E-state index >= 15 is 0 Å². The number of alkyl halides is 3. The number of hydrogen-bond acceptors (Lipinski definition) is 6. The highest BCUT2D eigenvalue weighted by atomic mass is 32.1. The normalized spacial score (nSPS) is 14.8. The van der Waals surface area contributed by atoms with Gasteiger partial charge in [0.1, 0.15) is 5.01 Å². The SMILES string of the molecule is Cc1ccc(-c2nn3c(=O)cc(CN4CCN(C(=O)Nc5ccccc5C(F)(F)F)CC4)nc3s2)cc1. The van der Waals surface area contributed by atoms with Crippen molar-refractivity contribution in [2.45, 2.75) is 19.6 Å². The summed E-state index contributed by atoms with van der Waals surface area (Å²) in [5.74, 6) is 0. The van der Waals surface area contributed by atoms with Gasteiger partial charge in [-0.1, -0.05) is 53.3 Å². The number of nitrogens with zero attached hydrogens (tertiary/aromatic N) is 5. The minimum absolute atomic E-state index is 0.268. The number of carbonyl (C=O) groups excluding carboxylic acids is 1. The number of aryl methyl sites for hydroxylation is 1. The summed E-state index contributed by atoms with van der Waals surface area (Å²) in [5.41, 5.74) is 1.22. The number of nitrogens with one attached hydrogen (secondary N) is 1. The van der Waals surface area contributed by atoms with Crippen molar-refractivity contribution in [2.24, 2.45) is 0 Å². The minimum atomic E-state index is -4.56. The highest BCUT2D eigenvalue weighted by molar-refractivity contribution is 7.19. The molecule has 1 saturated heterocycles. The highest BCUT2D eigenvalue weighted by Gasteiger charge is 2.34. The first kappa shape index (κ1) is 24.9. The maximum absolute atomic E-state index is 13.2. The van der Waals surface area contributed by atoms with E-state index in [0.717, 1.165) is 17.2 Å². The number of para-hydroxylation sites is 1. The summed E-state index contributed by atoms with van der Waals surface area (Å²) in [4.78, 5) is 33.9. The molecule has 0 saturated carbocycles. The number of rotatable bonds is 4. The van der Waals surface area contributed by atoms with Crippen LogP contribution in [0.5, 0.6) is 0 Å². The molecular formula is C25H23F3N6O2S. The molecule has 0 bridgehead atoms. The molecule has 192 valence electrons. The number of fused-ring (bicyclic) bond motifs is 1. The van der Waals surface area contributed by atoms with E-state index in [4.69, 9.17) is 0 Å². The van der Waals surface area contributed by atoms with Crippen LogP contribution in [0.3, 0.4) is 0 Å². The van der Waals surface area contributed by atoms with Crippen LogP contribution in [-0.4, -0.2) is 56.6 Å². The van der Waals surface area contributed by atoms with Crippen LogP contribution in [0.2, 0.25) is 0 Å². The van der Waals surface area contributed by atoms with E-state index in [2.05, 4.69) is 15.4 Å². The monoisotopic (exact) mass is 528 g/mol. The Morgan fingerprint density at radius 3 is 2.46 bits per heavy atom. The van der Waals surface area contributed by atoms with Crippen molar-refractivity contribution >= 4 is 28.0 Å². The second-order valence-electron chi connectivity index (χ2n) is 8.79. The number of anilines is 1. The quantitative estimate of drug-likeness (QED) is 0.422. The summed E-state index contributed by atoms with van der Waals surface area (Å²) < 4.78 is 41.0. The van der Waals surface area contributed by atoms with Gasteiger partial charge in [0.25, 0.3) is 5.56 Å². The van der Waals surface area contributed by atoms with Crippen molar-refractivity contribution < 1.29 is 18.0 Å². The number of urea groups is 1. The highest BCUT2D eigenvalue weighted by Crippen LogP contribution is 2.34. The second-order valence-corrected chi connectivity index (χ2v) is 9.75. The lowest BCUT2D eigenvalue weighted by Crippen LogP contribution is -2.49. The Kier molecular flexibility index (Phi) is 6.69. The molecule has 12 heteroatoms. The van der Waals surface area contributed by atoms with Gasteiger partial charge in [0.15, 0.2) is 0 Å². The van der Waals surface area contributed by atoms with Crippen molar-refractivity contribution in [1.29, 1.82) is 0 Å². The molecule has 2 amide bonds. The fourth-order valence-electron chi connectivity index (χ4n) is 4.12. The molecule has 4 aromatic rings. The van der Waals surface area contributed by atoms with Crippen LogP contribution < -0.4 is 10.9 Å². The van der Waals surface area contributed by atoms with Gasteiger partial charge < -0.3 is 10.2 Å². The largest absolute Gasteiger partial charge is 0.418 e. The molecule has 0 atom stereocenters. The van der Waals surface area contributed by atoms with Gasteiger partial charge in [-0.05, 0) is 19.1 Å². The number of benzene rings is 2. The van der Waals surface area contributed by atoms with Gasteiger partial charge in [0.2, 0.25) is 4.96 Å². The number of aromatic nitrogens is 3. The maximum atomic E-state index is 13.2. The molecule has 3 heterocycles. The van der Waals surface area contributed by atoms with Crippen LogP contribution in [0.1, 0.15) is 16.8 Å². The molecule has 1 aliphatic rings. The third-order valence-corrected chi connectivity index (χ3v) is 7.07. The van der Waals surface area contributed by atoms with Crippen molar-refractivity contribution in [2.75, 3.05) is 31.5 Å². The zero-order valence-electron chi connectivity index (χ0n) is 19.8. The number of piperazine rings is 1. The van der Waals surface area contributed by atoms with Crippen LogP contribution in [0, 0.1) is 6.92 Å². The molecule has 1 fully saturated rings. The lowest BCUT2D eigenvalue weighted by molar-refractivity contribution is -0.136. The fourth-order valence-corrected chi connectivity index (χ4v) is 5.05. The Bertz CT molecular complexity index is 1490. The number of amides is 2. The van der Waals surface area contributed by atoms with Crippen LogP contribution in [0.4, 0.5) is 23.7 Å². The minimum Gasteiger partial charge on any atom is -0.322 e. The molecule has 1 aliphatic heterocycles. The van der Waals surface area contributed by atoms with Crippen LogP contribution in [0.15, 0.2) is 59.4 Å². The van der Waals surface area contributed by atoms with E-state index in [1.165, 1.54) is 45.0 Å². The lowest BCUT2D eigenvalue weighted by Gasteiger charge is -2.34. The van der Waals surface area contributed by atoms with Crippen LogP contribution in [0.25, 0.3) is 15.5 Å². The van der Waals surface area contributed by atoms with Crippen LogP contribution in [-0.2, 0) is 12.7 Å². The smallest absolute Gasteiger partial charge is 0.322 e. The standard InChI is InChI=1S/C25H23F3N6O2S/c1-16-6-8-17(9-7-16)22-31-34-21(35)14-18(29-24(34)37-22)15-32-10-12-33(13-11-32)23(36)30-20-5-3-2-4-19(20)25(26,27)28/h2-9,14H,10-13,15H2,1H3,(H,30,36). The second kappa shape index (κ2) is 9.94. The lowest BCUT2D eigenvalue weighted by atomic mass is 10.1. The molecule has 37 heavy (non-hydrogen) atoms. The van der Waals surface area contributed by atoms with Gasteiger partial charge >= 0.3 is 12.2 Å². The zero-order valence-corrected chi connectivity index (χ0v) is 20.6. The predicted octanol–water partition coefficient (Wildman–Crippen LogP) is 4.49. The topological polar surface area (TPSA) is 82.8 Å². The molecule has 0 radical (unpaired) electrons. The van der Waals surface area contributed by atoms with Gasteiger partial charge in [-0.15, -0.1) is 0 Å². The summed E-state index contributed by atoms with van der Waals surface area (Å²) in [6.07, 6.45) is -4.56. The van der Waals surface area contributed by atoms with Crippen molar-refractivity contribution in [3.63, 3.8) is 0 Å². The first-order valence-electron chi connectivity index (χ1n) is 11.6. The van der Waals surface area contributed by atoms with Gasteiger partial charge in [0.05, 0.1) is 16.9 Å². The van der Waals surface area contributed by atoms with Gasteiger partial charge in [-0.2, -0.15) is 22.8 Å². The zero-order chi connectivity index (χ0) is 26.2. The van der Waals surface area contributed by atoms with Crippen molar-refractivity contribution in [3.8, 4) is 10.6 Å². The average molecular weight is 529 g/mol. The van der Waals surface area contributed by atoms with Crippen molar-refractivity contribution in [1.82, 2.24) is 24.4 Å². The number of carbonyl (C=O) groups is 1. The summed E-state index contributed by atoms with van der Waals surface area (Å²) >= 11 is 1.34. The molecule has 0 aliphatic carbocycles. The number of halogens is 3. The summed E-state index contributed by atoms with van der Waals surface area (Å²) in [7, 11) is 0. The molecule has 8 nitrogen and oxygen atoms in total. The van der Waals surface area contributed by atoms with Crippen molar-refractivity contribution in [3.05, 3.63) is 81.8 Å². The van der Waals surface area contributed by atoms with Gasteiger partial charge in [-0.3, -0.25) is 9.69 Å². The van der Waals surface area contributed by atoms with E-state index in [1.54, 1.807) is 0 Å². The first-order chi connectivity index (χ1) is 17.7. The average Bonchev–Trinajstić information content (AvgIpc) is 3.29. The molecule has 2 aromatic heterocycles. The van der Waals surface area contributed by atoms with E-state index < -0.39 is 17.8 Å². The Hall–Kier alpha value is -3.77. The Balaban J connectivity index is 1.23. The fraction of sp³-hybridized carbons (Fsp3) is 0.280. The molecule has 0 unspecified atom stereocenters. The van der Waals surface area contributed by atoms with E-state index in [-0.39, 0.29) is 11.2 Å². The molecule has 0 spiro atoms. The van der Waals surface area contributed by atoms with Crippen LogP contribution >= 0.6 is 11.3 Å². The summed E-state index contributed by atoms with van der Waals surface area (Å²) in [6, 6.07) is 13.7. The third kappa shape index (κ3) is 5.49. The summed E-state index contributed by atoms with van der Waals surface area (Å²) in [6.45, 7) is 4.06. The Labute approximate surface area is 214 Å². The Morgan fingerprint density at radius 1 is 1.05 bits per heavy atom. The van der Waals surface area contributed by atoms with Gasteiger partial charge in [0, 0.05) is 44.4 Å². The number of hydrogen-bond donors (Lipinski definition) is 1.